The number of anilines is 1. The smallest absolute Gasteiger partial charge is 0.354 e. The molecule has 152 valence electrons. The maximum absolute atomic E-state index is 13.0. The van der Waals surface area contributed by atoms with Gasteiger partial charge in [0.15, 0.2) is 0 Å². The Morgan fingerprint density at radius 3 is 2.45 bits per heavy atom. The number of para-hydroxylation sites is 1. The monoisotopic (exact) mass is 395 g/mol. The highest BCUT2D eigenvalue weighted by atomic mass is 16.5. The number of carbonyl (C=O) groups excluding carboxylic acids is 3. The van der Waals surface area contributed by atoms with Gasteiger partial charge in [-0.25, -0.2) is 4.79 Å². The highest BCUT2D eigenvalue weighted by Gasteiger charge is 2.38. The van der Waals surface area contributed by atoms with Crippen LogP contribution >= 0.6 is 0 Å². The van der Waals surface area contributed by atoms with Crippen LogP contribution in [0.15, 0.2) is 48.7 Å². The molecule has 2 aliphatic heterocycles. The molecule has 1 aromatic heterocycles. The third-order valence-corrected chi connectivity index (χ3v) is 5.89. The molecule has 2 amide bonds. The second kappa shape index (κ2) is 8.11. The standard InChI is InChI=1S/C22H25N3O4/c1-29-22(28)19-8-5-11-24(19)18-9-12-23(13-10-18)21(27)16-14-20(26)25(15-16)17-6-3-2-4-7-17/h2-8,11,16,18H,9-10,12-15H2,1H3. The summed E-state index contributed by atoms with van der Waals surface area (Å²) in [7, 11) is 1.38. The van der Waals surface area contributed by atoms with Crippen molar-refractivity contribution in [2.24, 2.45) is 5.92 Å². The summed E-state index contributed by atoms with van der Waals surface area (Å²) in [5.41, 5.74) is 1.38. The van der Waals surface area contributed by atoms with E-state index in [-0.39, 0.29) is 36.2 Å². The zero-order valence-electron chi connectivity index (χ0n) is 16.5. The van der Waals surface area contributed by atoms with Gasteiger partial charge in [-0.1, -0.05) is 18.2 Å². The molecule has 2 saturated heterocycles. The largest absolute Gasteiger partial charge is 0.464 e. The molecule has 0 aliphatic carbocycles. The van der Waals surface area contributed by atoms with Gasteiger partial charge in [0.2, 0.25) is 11.8 Å². The van der Waals surface area contributed by atoms with Crippen LogP contribution in [0.4, 0.5) is 5.69 Å². The number of rotatable bonds is 4. The highest BCUT2D eigenvalue weighted by Crippen LogP contribution is 2.29. The van der Waals surface area contributed by atoms with Gasteiger partial charge in [0.1, 0.15) is 5.69 Å². The molecule has 1 unspecified atom stereocenters. The molecule has 3 heterocycles. The second-order valence-corrected chi connectivity index (χ2v) is 7.59. The molecule has 1 atom stereocenters. The third kappa shape index (κ3) is 3.77. The SMILES string of the molecule is COC(=O)c1cccn1C1CCN(C(=O)C2CC(=O)N(c3ccccc3)C2)CC1. The number of esters is 1. The van der Waals surface area contributed by atoms with Crippen molar-refractivity contribution in [3.63, 3.8) is 0 Å². The van der Waals surface area contributed by atoms with Gasteiger partial charge in [-0.05, 0) is 37.1 Å². The average molecular weight is 395 g/mol. The molecule has 2 aromatic rings. The molecule has 0 spiro atoms. The third-order valence-electron chi connectivity index (χ3n) is 5.89. The predicted molar refractivity (Wildman–Crippen MR) is 108 cm³/mol. The van der Waals surface area contributed by atoms with Crippen molar-refractivity contribution in [3.05, 3.63) is 54.4 Å². The van der Waals surface area contributed by atoms with E-state index in [2.05, 4.69) is 0 Å². The molecule has 0 N–H and O–H groups in total. The number of aromatic nitrogens is 1. The molecule has 7 nitrogen and oxygen atoms in total. The van der Waals surface area contributed by atoms with E-state index in [4.69, 9.17) is 4.74 Å². The van der Waals surface area contributed by atoms with Crippen LogP contribution in [0.2, 0.25) is 0 Å². The van der Waals surface area contributed by atoms with Crippen molar-refractivity contribution in [3.8, 4) is 0 Å². The Bertz CT molecular complexity index is 900. The van der Waals surface area contributed by atoms with E-state index in [1.54, 1.807) is 11.0 Å². The Balaban J connectivity index is 1.37. The molecule has 2 aliphatic rings. The number of hydrogen-bond donors (Lipinski definition) is 0. The van der Waals surface area contributed by atoms with Gasteiger partial charge in [0.05, 0.1) is 13.0 Å². The number of piperidine rings is 1. The fourth-order valence-electron chi connectivity index (χ4n) is 4.34. The van der Waals surface area contributed by atoms with E-state index in [0.29, 0.717) is 25.3 Å². The quantitative estimate of drug-likeness (QED) is 0.746. The van der Waals surface area contributed by atoms with Gasteiger partial charge in [-0.3, -0.25) is 9.59 Å². The van der Waals surface area contributed by atoms with Crippen LogP contribution in [0.3, 0.4) is 0 Å². The van der Waals surface area contributed by atoms with E-state index in [9.17, 15) is 14.4 Å². The summed E-state index contributed by atoms with van der Waals surface area (Å²) in [6.07, 6.45) is 3.69. The molecule has 7 heteroatoms. The summed E-state index contributed by atoms with van der Waals surface area (Å²) in [6.45, 7) is 1.68. The van der Waals surface area contributed by atoms with Gasteiger partial charge < -0.3 is 19.1 Å². The topological polar surface area (TPSA) is 71.8 Å². The van der Waals surface area contributed by atoms with Crippen LogP contribution in [-0.4, -0.2) is 54.0 Å². The Morgan fingerprint density at radius 2 is 1.76 bits per heavy atom. The molecule has 0 saturated carbocycles. The Kier molecular flexibility index (Phi) is 5.38. The summed E-state index contributed by atoms with van der Waals surface area (Å²) >= 11 is 0. The second-order valence-electron chi connectivity index (χ2n) is 7.59. The van der Waals surface area contributed by atoms with Crippen molar-refractivity contribution in [2.45, 2.75) is 25.3 Å². The van der Waals surface area contributed by atoms with Gasteiger partial charge in [-0.15, -0.1) is 0 Å². The van der Waals surface area contributed by atoms with E-state index in [1.165, 1.54) is 7.11 Å². The first-order valence-electron chi connectivity index (χ1n) is 9.98. The first kappa shape index (κ1) is 19.2. The highest BCUT2D eigenvalue weighted by molar-refractivity contribution is 6.00. The number of amides is 2. The van der Waals surface area contributed by atoms with Crippen molar-refractivity contribution in [1.29, 1.82) is 0 Å². The van der Waals surface area contributed by atoms with Crippen molar-refractivity contribution in [1.82, 2.24) is 9.47 Å². The fraction of sp³-hybridized carbons (Fsp3) is 0.409. The Morgan fingerprint density at radius 1 is 1.03 bits per heavy atom. The van der Waals surface area contributed by atoms with Gasteiger partial charge in [0.25, 0.3) is 0 Å². The fourth-order valence-corrected chi connectivity index (χ4v) is 4.34. The lowest BCUT2D eigenvalue weighted by atomic mass is 10.0. The summed E-state index contributed by atoms with van der Waals surface area (Å²) < 4.78 is 6.80. The predicted octanol–water partition coefficient (Wildman–Crippen LogP) is 2.49. The molecule has 0 radical (unpaired) electrons. The number of hydrogen-bond acceptors (Lipinski definition) is 4. The van der Waals surface area contributed by atoms with Crippen molar-refractivity contribution >= 4 is 23.5 Å². The molecular weight excluding hydrogens is 370 g/mol. The van der Waals surface area contributed by atoms with Crippen LogP contribution in [0.5, 0.6) is 0 Å². The molecule has 29 heavy (non-hydrogen) atoms. The van der Waals surface area contributed by atoms with Crippen molar-refractivity contribution in [2.75, 3.05) is 31.6 Å². The minimum absolute atomic E-state index is 0.000466. The number of carbonyl (C=O) groups is 3. The first-order valence-corrected chi connectivity index (χ1v) is 9.98. The lowest BCUT2D eigenvalue weighted by molar-refractivity contribution is -0.137. The van der Waals surface area contributed by atoms with Crippen LogP contribution in [0.25, 0.3) is 0 Å². The van der Waals surface area contributed by atoms with E-state index < -0.39 is 0 Å². The van der Waals surface area contributed by atoms with Gasteiger partial charge in [0, 0.05) is 44.0 Å². The maximum Gasteiger partial charge on any atom is 0.354 e. The average Bonchev–Trinajstić information content (AvgIpc) is 3.40. The molecule has 4 rings (SSSR count). The summed E-state index contributed by atoms with van der Waals surface area (Å²) in [4.78, 5) is 40.9. The summed E-state index contributed by atoms with van der Waals surface area (Å²) in [5, 5.41) is 0. The van der Waals surface area contributed by atoms with Gasteiger partial charge >= 0.3 is 5.97 Å². The normalized spacial score (nSPS) is 20.2. The molecule has 1 aromatic carbocycles. The van der Waals surface area contributed by atoms with E-state index in [1.807, 2.05) is 52.1 Å². The van der Waals surface area contributed by atoms with Crippen LogP contribution in [0.1, 0.15) is 35.8 Å². The molecule has 0 bridgehead atoms. The van der Waals surface area contributed by atoms with E-state index >= 15 is 0 Å². The number of benzene rings is 1. The zero-order chi connectivity index (χ0) is 20.4. The van der Waals surface area contributed by atoms with Crippen molar-refractivity contribution < 1.29 is 19.1 Å². The van der Waals surface area contributed by atoms with Crippen LogP contribution in [0, 0.1) is 5.92 Å². The van der Waals surface area contributed by atoms with Crippen LogP contribution < -0.4 is 4.90 Å². The summed E-state index contributed by atoms with van der Waals surface area (Å²) in [5.74, 6) is -0.592. The lowest BCUT2D eigenvalue weighted by Gasteiger charge is -2.34. The number of likely N-dealkylation sites (tertiary alicyclic amines) is 1. The lowest BCUT2D eigenvalue weighted by Crippen LogP contribution is -2.43. The molecular formula is C22H25N3O4. The minimum atomic E-state index is -0.348. The zero-order valence-corrected chi connectivity index (χ0v) is 16.5. The van der Waals surface area contributed by atoms with Crippen LogP contribution in [-0.2, 0) is 14.3 Å². The number of nitrogens with zero attached hydrogens (tertiary/aromatic N) is 3. The molecule has 2 fully saturated rings. The van der Waals surface area contributed by atoms with E-state index in [0.717, 1.165) is 18.5 Å². The number of methoxy groups -OCH3 is 1. The number of ether oxygens (including phenoxy) is 1. The minimum Gasteiger partial charge on any atom is -0.464 e. The maximum atomic E-state index is 13.0. The first-order chi connectivity index (χ1) is 14.1. The Hall–Kier alpha value is -3.09. The van der Waals surface area contributed by atoms with Gasteiger partial charge in [-0.2, -0.15) is 0 Å². The Labute approximate surface area is 169 Å². The summed E-state index contributed by atoms with van der Waals surface area (Å²) in [6, 6.07) is 13.2.